The Hall–Kier alpha value is 1.28. The van der Waals surface area contributed by atoms with Gasteiger partial charge in [0.2, 0.25) is 0 Å². The van der Waals surface area contributed by atoms with Gasteiger partial charge < -0.3 is 16.7 Å². The van der Waals surface area contributed by atoms with Crippen LogP contribution in [0.25, 0.3) is 0 Å². The largest absolute Gasteiger partial charge is 1.00 e. The molecule has 0 aromatic rings. The molecular formula is C3H9CsO4. The second-order valence-electron chi connectivity index (χ2n) is 0.599. The van der Waals surface area contributed by atoms with E-state index in [0.717, 1.165) is 0 Å². The number of hydrogen-bond acceptors (Lipinski definition) is 2. The molecule has 3 N–H and O–H groups in total. The van der Waals surface area contributed by atoms with Crippen LogP contribution in [-0.4, -0.2) is 28.1 Å². The molecule has 4 nitrogen and oxygen atoms in total. The molecule has 0 aliphatic heterocycles. The molecule has 0 saturated carbocycles. The maximum atomic E-state index is 8.56. The third kappa shape index (κ3) is 175. The van der Waals surface area contributed by atoms with Crippen molar-refractivity contribution in [1.82, 2.24) is 0 Å². The first-order chi connectivity index (χ1) is 3.15. The van der Waals surface area contributed by atoms with E-state index >= 15 is 0 Å². The summed E-state index contributed by atoms with van der Waals surface area (Å²) in [5.41, 5.74) is 0. The van der Waals surface area contributed by atoms with Gasteiger partial charge in [0.05, 0.1) is 0 Å². The van der Waals surface area contributed by atoms with Crippen LogP contribution in [0.2, 0.25) is 0 Å². The number of aliphatic hydroxyl groups excluding tert-OH is 1. The van der Waals surface area contributed by atoms with Crippen molar-refractivity contribution < 1.29 is 90.4 Å². The van der Waals surface area contributed by atoms with Gasteiger partial charge in [0.25, 0.3) is 0 Å². The quantitative estimate of drug-likeness (QED) is 0.433. The summed E-state index contributed by atoms with van der Waals surface area (Å²) in [6, 6.07) is 0. The number of carboxylic acid groups (broad SMARTS) is 2. The number of rotatable bonds is 0. The molecule has 0 rings (SSSR count). The Bertz CT molecular complexity index is 47.1. The molecule has 46 valence electrons. The van der Waals surface area contributed by atoms with Gasteiger partial charge in [0.15, 0.2) is 0 Å². The van der Waals surface area contributed by atoms with E-state index < -0.39 is 6.16 Å². The Morgan fingerprint density at radius 1 is 1.62 bits per heavy atom. The van der Waals surface area contributed by atoms with Crippen molar-refractivity contribution in [2.24, 2.45) is 0 Å². The SMILES string of the molecule is CCO.O=C(O)O.[Cs+].[H-]. The Morgan fingerprint density at radius 3 is 1.62 bits per heavy atom. The molecule has 0 aliphatic carbocycles. The first-order valence-electron chi connectivity index (χ1n) is 1.67. The molecule has 0 fully saturated rings. The van der Waals surface area contributed by atoms with Crippen LogP contribution >= 0.6 is 0 Å². The van der Waals surface area contributed by atoms with Crippen LogP contribution in [0.1, 0.15) is 8.35 Å². The van der Waals surface area contributed by atoms with E-state index in [1.165, 1.54) is 0 Å². The average molecular weight is 242 g/mol. The summed E-state index contributed by atoms with van der Waals surface area (Å²) in [6.45, 7) is 1.93. The fourth-order valence-corrected chi connectivity index (χ4v) is 0. The Morgan fingerprint density at radius 2 is 1.62 bits per heavy atom. The van der Waals surface area contributed by atoms with Gasteiger partial charge in [-0.25, -0.2) is 4.79 Å². The predicted octanol–water partition coefficient (Wildman–Crippen LogP) is -2.66. The van der Waals surface area contributed by atoms with Crippen molar-refractivity contribution in [3.05, 3.63) is 0 Å². The summed E-state index contributed by atoms with van der Waals surface area (Å²) in [4.78, 5) is 8.56. The van der Waals surface area contributed by atoms with Crippen molar-refractivity contribution in [1.29, 1.82) is 0 Å². The minimum absolute atomic E-state index is 0. The second kappa shape index (κ2) is 15.7. The van der Waals surface area contributed by atoms with Crippen LogP contribution in [0.5, 0.6) is 0 Å². The van der Waals surface area contributed by atoms with E-state index in [9.17, 15) is 0 Å². The Balaban J connectivity index is -0.0000000233. The van der Waals surface area contributed by atoms with Crippen molar-refractivity contribution in [3.63, 3.8) is 0 Å². The smallest absolute Gasteiger partial charge is 1.00 e. The second-order valence-corrected chi connectivity index (χ2v) is 0.599. The molecule has 0 atom stereocenters. The van der Waals surface area contributed by atoms with Gasteiger partial charge >= 0.3 is 75.0 Å². The Labute approximate surface area is 108 Å². The van der Waals surface area contributed by atoms with E-state index in [0.29, 0.717) is 0 Å². The monoisotopic (exact) mass is 242 g/mol. The van der Waals surface area contributed by atoms with Crippen molar-refractivity contribution in [2.45, 2.75) is 6.92 Å². The molecule has 0 saturated heterocycles. The van der Waals surface area contributed by atoms with Crippen LogP contribution in [0.15, 0.2) is 0 Å². The van der Waals surface area contributed by atoms with Crippen molar-refractivity contribution >= 4 is 6.16 Å². The van der Waals surface area contributed by atoms with Crippen LogP contribution in [0, 0.1) is 0 Å². The molecule has 5 heteroatoms. The summed E-state index contributed by atoms with van der Waals surface area (Å²) in [7, 11) is 0. The Kier molecular flexibility index (Phi) is 31.7. The minimum atomic E-state index is -1.83. The van der Waals surface area contributed by atoms with Gasteiger partial charge in [0.1, 0.15) is 0 Å². The van der Waals surface area contributed by atoms with E-state index in [1.807, 2.05) is 0 Å². The molecular weight excluding hydrogens is 233 g/mol. The van der Waals surface area contributed by atoms with Gasteiger partial charge in [-0.2, -0.15) is 0 Å². The topological polar surface area (TPSA) is 77.8 Å². The zero-order valence-corrected chi connectivity index (χ0v) is 11.2. The summed E-state index contributed by atoms with van der Waals surface area (Å²) in [6.07, 6.45) is -1.83. The maximum Gasteiger partial charge on any atom is 1.00 e. The maximum absolute atomic E-state index is 8.56. The van der Waals surface area contributed by atoms with Crippen molar-refractivity contribution in [2.75, 3.05) is 6.61 Å². The average Bonchev–Trinajstić information content (AvgIpc) is 1.33. The molecule has 0 unspecified atom stereocenters. The third-order valence-electron chi connectivity index (χ3n) is 0. The first kappa shape index (κ1) is 16.1. The predicted molar refractivity (Wildman–Crippen MR) is 24.5 cm³/mol. The van der Waals surface area contributed by atoms with Crippen molar-refractivity contribution in [3.8, 4) is 0 Å². The van der Waals surface area contributed by atoms with Gasteiger partial charge in [-0.05, 0) is 6.92 Å². The van der Waals surface area contributed by atoms with E-state index in [1.54, 1.807) is 6.92 Å². The fraction of sp³-hybridized carbons (Fsp3) is 0.667. The van der Waals surface area contributed by atoms with Gasteiger partial charge in [0, 0.05) is 6.61 Å². The molecule has 0 spiro atoms. The number of carbonyl (C=O) groups is 1. The zero-order valence-electron chi connectivity index (χ0n) is 5.96. The summed E-state index contributed by atoms with van der Waals surface area (Å²) in [5, 5.41) is 21.5. The molecule has 0 radical (unpaired) electrons. The summed E-state index contributed by atoms with van der Waals surface area (Å²) < 4.78 is 0. The molecule has 0 amide bonds. The van der Waals surface area contributed by atoms with Gasteiger partial charge in [-0.1, -0.05) is 0 Å². The van der Waals surface area contributed by atoms with Gasteiger partial charge in [-0.15, -0.1) is 0 Å². The molecule has 0 aromatic heterocycles. The van der Waals surface area contributed by atoms with Crippen LogP contribution < -0.4 is 68.9 Å². The molecule has 0 aromatic carbocycles. The van der Waals surface area contributed by atoms with Crippen LogP contribution in [0.3, 0.4) is 0 Å². The molecule has 0 bridgehead atoms. The van der Waals surface area contributed by atoms with Gasteiger partial charge in [-0.3, -0.25) is 0 Å². The fourth-order valence-electron chi connectivity index (χ4n) is 0. The van der Waals surface area contributed by atoms with Crippen LogP contribution in [0.4, 0.5) is 4.79 Å². The number of aliphatic hydroxyl groups is 1. The van der Waals surface area contributed by atoms with E-state index in [-0.39, 0.29) is 76.9 Å². The zero-order chi connectivity index (χ0) is 6.28. The first-order valence-corrected chi connectivity index (χ1v) is 1.67. The summed E-state index contributed by atoms with van der Waals surface area (Å²) in [5.74, 6) is 0. The molecule has 8 heavy (non-hydrogen) atoms. The summed E-state index contributed by atoms with van der Waals surface area (Å²) >= 11 is 0. The van der Waals surface area contributed by atoms with E-state index in [2.05, 4.69) is 0 Å². The normalized spacial score (nSPS) is 5.25. The van der Waals surface area contributed by atoms with Crippen LogP contribution in [-0.2, 0) is 0 Å². The standard InChI is InChI=1S/C2H6O.CH2O3.Cs.H/c1-2-3;2-1(3)4;;/h3H,2H2,1H3;(H2,2,3,4);;/q;;+1;-1. The molecule has 0 aliphatic rings. The number of hydrogen-bond donors (Lipinski definition) is 3. The third-order valence-corrected chi connectivity index (χ3v) is 0. The minimum Gasteiger partial charge on any atom is -1.00 e. The molecule has 0 heterocycles. The van der Waals surface area contributed by atoms with E-state index in [4.69, 9.17) is 20.1 Å².